The van der Waals surface area contributed by atoms with Crippen LogP contribution in [0.2, 0.25) is 0 Å². The van der Waals surface area contributed by atoms with E-state index >= 15 is 0 Å². The average molecular weight is 1070 g/mol. The van der Waals surface area contributed by atoms with Crippen LogP contribution < -0.4 is 5.32 Å². The Labute approximate surface area is 455 Å². The zero-order chi connectivity index (χ0) is 54.6. The third-order valence-electron chi connectivity index (χ3n) is 15.1. The molecule has 0 spiro atoms. The summed E-state index contributed by atoms with van der Waals surface area (Å²) in [6, 6.07) is -0.922. The highest BCUT2D eigenvalue weighted by molar-refractivity contribution is 5.76. The summed E-state index contributed by atoms with van der Waals surface area (Å²) in [5.41, 5.74) is 0. The molecule has 1 amide bonds. The monoisotopic (exact) mass is 1070 g/mol. The molecule has 0 aromatic rings. The Bertz CT molecular complexity index is 1400. The van der Waals surface area contributed by atoms with Gasteiger partial charge in [-0.2, -0.15) is 0 Å². The summed E-state index contributed by atoms with van der Waals surface area (Å²) in [6.07, 6.45) is 40.5. The maximum atomic E-state index is 13.2. The highest BCUT2D eigenvalue weighted by atomic mass is 16.7. The summed E-state index contributed by atoms with van der Waals surface area (Å²) in [4.78, 5) is 13.2. The first-order valence-electron chi connectivity index (χ1n) is 30.7. The Kier molecular flexibility index (Phi) is 43.5. The van der Waals surface area contributed by atoms with Crippen molar-refractivity contribution in [3.63, 3.8) is 0 Å². The fourth-order valence-electron chi connectivity index (χ4n) is 10.1. The summed E-state index contributed by atoms with van der Waals surface area (Å²) in [5.74, 6) is -0.252. The van der Waals surface area contributed by atoms with Crippen LogP contribution in [0.4, 0.5) is 0 Å². The number of unbranched alkanes of at least 4 members (excludes halogenated alkanes) is 32. The lowest BCUT2D eigenvalue weighted by molar-refractivity contribution is -0.359. The van der Waals surface area contributed by atoms with Gasteiger partial charge >= 0.3 is 0 Å². The number of aliphatic hydroxyl groups excluding tert-OH is 8. The zero-order valence-corrected chi connectivity index (χ0v) is 47.3. The van der Waals surface area contributed by atoms with E-state index < -0.39 is 86.8 Å². The first-order chi connectivity index (χ1) is 36.6. The molecule has 440 valence electrons. The third-order valence-corrected chi connectivity index (χ3v) is 15.1. The minimum Gasteiger partial charge on any atom is -0.394 e. The highest BCUT2D eigenvalue weighted by Crippen LogP contribution is 2.30. The Morgan fingerprint density at radius 3 is 1.36 bits per heavy atom. The normalized spacial score (nSPS) is 25.3. The number of carbonyl (C=O) groups is 1. The molecule has 2 heterocycles. The maximum Gasteiger partial charge on any atom is 0.220 e. The van der Waals surface area contributed by atoms with Crippen molar-refractivity contribution in [2.75, 3.05) is 19.8 Å². The molecule has 2 saturated heterocycles. The minimum absolute atomic E-state index is 0.252. The Balaban J connectivity index is 1.73. The number of aliphatic hydroxyl groups is 8. The van der Waals surface area contributed by atoms with E-state index in [1.807, 2.05) is 6.08 Å². The van der Waals surface area contributed by atoms with E-state index in [0.717, 1.165) is 64.2 Å². The van der Waals surface area contributed by atoms with E-state index in [-0.39, 0.29) is 18.9 Å². The van der Waals surface area contributed by atoms with Crippen LogP contribution in [0.1, 0.15) is 251 Å². The van der Waals surface area contributed by atoms with Gasteiger partial charge in [-0.3, -0.25) is 4.79 Å². The quantitative estimate of drug-likeness (QED) is 0.0204. The Hall–Kier alpha value is -1.79. The minimum atomic E-state index is -1.79. The fraction of sp³-hybridized carbons (Fsp3) is 0.885. The lowest BCUT2D eigenvalue weighted by Gasteiger charge is -2.46. The molecule has 12 atom stereocenters. The van der Waals surface area contributed by atoms with Gasteiger partial charge in [-0.05, 0) is 51.4 Å². The molecule has 12 unspecified atom stereocenters. The number of nitrogens with one attached hydrogen (secondary N) is 1. The first-order valence-corrected chi connectivity index (χ1v) is 30.7. The van der Waals surface area contributed by atoms with Gasteiger partial charge < -0.3 is 65.1 Å². The molecule has 0 aromatic heterocycles. The van der Waals surface area contributed by atoms with Crippen LogP contribution in [0.15, 0.2) is 36.5 Å². The van der Waals surface area contributed by atoms with Crippen LogP contribution in [-0.2, 0) is 23.7 Å². The predicted octanol–water partition coefficient (Wildman–Crippen LogP) is 10.6. The first kappa shape index (κ1) is 69.3. The van der Waals surface area contributed by atoms with Crippen molar-refractivity contribution in [2.24, 2.45) is 0 Å². The Morgan fingerprint density at radius 2 is 0.880 bits per heavy atom. The summed E-state index contributed by atoms with van der Waals surface area (Å²) in [5, 5.41) is 87.1. The molecule has 2 aliphatic heterocycles. The Morgan fingerprint density at radius 1 is 0.480 bits per heavy atom. The van der Waals surface area contributed by atoms with E-state index in [4.69, 9.17) is 18.9 Å². The zero-order valence-electron chi connectivity index (χ0n) is 47.3. The predicted molar refractivity (Wildman–Crippen MR) is 300 cm³/mol. The summed E-state index contributed by atoms with van der Waals surface area (Å²) in [7, 11) is 0. The maximum absolute atomic E-state index is 13.2. The molecule has 0 bridgehead atoms. The van der Waals surface area contributed by atoms with Crippen LogP contribution in [0.3, 0.4) is 0 Å². The van der Waals surface area contributed by atoms with Gasteiger partial charge in [0.1, 0.15) is 48.8 Å². The third kappa shape index (κ3) is 32.8. The van der Waals surface area contributed by atoms with Gasteiger partial charge in [0.05, 0.1) is 32.0 Å². The number of hydrogen-bond acceptors (Lipinski definition) is 13. The molecular formula is C61H113NO13. The van der Waals surface area contributed by atoms with Gasteiger partial charge in [0.25, 0.3) is 0 Å². The number of amides is 1. The van der Waals surface area contributed by atoms with Crippen molar-refractivity contribution in [3.05, 3.63) is 36.5 Å². The lowest BCUT2D eigenvalue weighted by atomic mass is 9.97. The smallest absolute Gasteiger partial charge is 0.220 e. The van der Waals surface area contributed by atoms with Crippen LogP contribution in [0.5, 0.6) is 0 Å². The summed E-state index contributed by atoms with van der Waals surface area (Å²) in [6.45, 7) is 2.78. The average Bonchev–Trinajstić information content (AvgIpc) is 3.41. The van der Waals surface area contributed by atoms with Crippen LogP contribution >= 0.6 is 0 Å². The van der Waals surface area contributed by atoms with Crippen molar-refractivity contribution in [1.29, 1.82) is 0 Å². The number of allylic oxidation sites excluding steroid dienone is 5. The number of hydrogen-bond donors (Lipinski definition) is 9. The molecule has 0 saturated carbocycles. The van der Waals surface area contributed by atoms with Gasteiger partial charge in [-0.15, -0.1) is 0 Å². The van der Waals surface area contributed by atoms with Crippen LogP contribution in [0, 0.1) is 0 Å². The molecule has 2 rings (SSSR count). The molecule has 0 radical (unpaired) electrons. The van der Waals surface area contributed by atoms with Crippen molar-refractivity contribution in [1.82, 2.24) is 5.32 Å². The molecule has 75 heavy (non-hydrogen) atoms. The lowest BCUT2D eigenvalue weighted by Crippen LogP contribution is -2.65. The molecule has 2 aliphatic rings. The van der Waals surface area contributed by atoms with Crippen LogP contribution in [0.25, 0.3) is 0 Å². The van der Waals surface area contributed by atoms with E-state index in [2.05, 4.69) is 43.5 Å². The summed E-state index contributed by atoms with van der Waals surface area (Å²) < 4.78 is 22.8. The van der Waals surface area contributed by atoms with Crippen LogP contribution in [-0.4, -0.2) is 140 Å². The van der Waals surface area contributed by atoms with Crippen molar-refractivity contribution in [3.8, 4) is 0 Å². The summed E-state index contributed by atoms with van der Waals surface area (Å²) >= 11 is 0. The highest BCUT2D eigenvalue weighted by Gasteiger charge is 2.51. The second-order valence-electron chi connectivity index (χ2n) is 21.8. The fourth-order valence-corrected chi connectivity index (χ4v) is 10.1. The SMILES string of the molecule is CCCCC/C=C\C/C=C\CCCCCCCC(=O)NC(COC1OC(CO)C(OC2OC(CO)C(O)C(O)C2O)C(O)C1O)C(O)/C=C/CCCCCCCCCCCCCCCCCCCCCCCCCC. The molecule has 0 aliphatic carbocycles. The van der Waals surface area contributed by atoms with Gasteiger partial charge in [0, 0.05) is 6.42 Å². The molecule has 9 N–H and O–H groups in total. The van der Waals surface area contributed by atoms with Gasteiger partial charge in [0.2, 0.25) is 5.91 Å². The van der Waals surface area contributed by atoms with Gasteiger partial charge in [0.15, 0.2) is 12.6 Å². The molecule has 0 aromatic carbocycles. The number of rotatable bonds is 49. The van der Waals surface area contributed by atoms with Gasteiger partial charge in [-0.1, -0.05) is 230 Å². The van der Waals surface area contributed by atoms with Crippen molar-refractivity contribution in [2.45, 2.75) is 325 Å². The van der Waals surface area contributed by atoms with Crippen molar-refractivity contribution < 1.29 is 64.6 Å². The van der Waals surface area contributed by atoms with E-state index in [0.29, 0.717) is 6.42 Å². The standard InChI is InChI=1S/C61H113NO13/c1-3-5-7-9-11-13-15-17-19-20-21-22-23-24-25-26-27-28-29-31-32-34-36-38-40-42-44-50(65)49(62-53(66)45-43-41-39-37-35-33-30-18-16-14-12-10-8-6-4-2)48-72-60-58(71)56(69)59(52(47-64)74-60)75-61-57(70)55(68)54(67)51(46-63)73-61/h12,14,18,30,42,44,49-52,54-61,63-65,67-71H,3-11,13,15-17,19-29,31-41,43,45-48H2,1-2H3,(H,62,66)/b14-12-,30-18-,44-42+. The van der Waals surface area contributed by atoms with E-state index in [1.54, 1.807) is 6.08 Å². The van der Waals surface area contributed by atoms with E-state index in [1.165, 1.54) is 161 Å². The van der Waals surface area contributed by atoms with Crippen molar-refractivity contribution >= 4 is 5.91 Å². The second-order valence-corrected chi connectivity index (χ2v) is 21.8. The van der Waals surface area contributed by atoms with E-state index in [9.17, 15) is 45.6 Å². The molecular weight excluding hydrogens is 955 g/mol. The number of ether oxygens (including phenoxy) is 4. The second kappa shape index (κ2) is 47.1. The molecule has 14 heteroatoms. The molecule has 14 nitrogen and oxygen atoms in total. The topological polar surface area (TPSA) is 228 Å². The largest absolute Gasteiger partial charge is 0.394 e. The number of carbonyl (C=O) groups excluding carboxylic acids is 1. The molecule has 2 fully saturated rings. The van der Waals surface area contributed by atoms with Gasteiger partial charge in [-0.25, -0.2) is 0 Å².